The lowest BCUT2D eigenvalue weighted by atomic mass is 10.2. The van der Waals surface area contributed by atoms with E-state index < -0.39 is 0 Å². The van der Waals surface area contributed by atoms with Crippen LogP contribution in [0.4, 0.5) is 0 Å². The van der Waals surface area contributed by atoms with Crippen molar-refractivity contribution in [2.75, 3.05) is 7.11 Å². The molecule has 0 spiro atoms. The molecule has 0 atom stereocenters. The zero-order chi connectivity index (χ0) is 18.3. The number of phenolic OH excluding ortho intramolecular Hbond substituents is 2. The molecule has 0 bridgehead atoms. The lowest BCUT2D eigenvalue weighted by molar-refractivity contribution is 0.415. The van der Waals surface area contributed by atoms with Gasteiger partial charge in [-0.2, -0.15) is 9.78 Å². The van der Waals surface area contributed by atoms with Crippen LogP contribution in [0.2, 0.25) is 0 Å². The highest BCUT2D eigenvalue weighted by Gasteiger charge is 2.11. The number of nitrogens with zero attached hydrogens (tertiary/aromatic N) is 3. The Kier molecular flexibility index (Phi) is 3.58. The molecule has 4 aromatic rings. The summed E-state index contributed by atoms with van der Waals surface area (Å²) < 4.78 is 6.26. The van der Waals surface area contributed by atoms with E-state index in [4.69, 9.17) is 4.74 Å². The minimum Gasteiger partial charge on any atom is -0.508 e. The molecule has 0 saturated heterocycles. The first-order chi connectivity index (χ1) is 12.6. The predicted molar refractivity (Wildman–Crippen MR) is 97.2 cm³/mol. The fourth-order valence-corrected chi connectivity index (χ4v) is 2.70. The SMILES string of the molecule is COc1ccc2c(c1)[nH]c1c(=O)n(/N=C/c3ccc(O)cc3O)cnc12. The van der Waals surface area contributed by atoms with E-state index >= 15 is 0 Å². The highest BCUT2D eigenvalue weighted by Crippen LogP contribution is 2.25. The largest absolute Gasteiger partial charge is 0.508 e. The minimum atomic E-state index is -0.375. The maximum absolute atomic E-state index is 12.7. The molecule has 4 rings (SSSR count). The molecule has 0 radical (unpaired) electrons. The first-order valence-electron chi connectivity index (χ1n) is 7.70. The molecule has 0 unspecified atom stereocenters. The Bertz CT molecular complexity index is 1220. The number of aromatic nitrogens is 3. The number of hydrogen-bond donors (Lipinski definition) is 3. The second-order valence-corrected chi connectivity index (χ2v) is 5.64. The number of rotatable bonds is 3. The Morgan fingerprint density at radius 2 is 2.08 bits per heavy atom. The fourth-order valence-electron chi connectivity index (χ4n) is 2.70. The third-order valence-corrected chi connectivity index (χ3v) is 4.03. The van der Waals surface area contributed by atoms with Crippen LogP contribution in [-0.4, -0.2) is 38.2 Å². The zero-order valence-corrected chi connectivity index (χ0v) is 13.7. The Labute approximate surface area is 146 Å². The number of hydrogen-bond acceptors (Lipinski definition) is 6. The molecule has 8 nitrogen and oxygen atoms in total. The van der Waals surface area contributed by atoms with Crippen LogP contribution >= 0.6 is 0 Å². The van der Waals surface area contributed by atoms with E-state index in [1.165, 1.54) is 30.7 Å². The van der Waals surface area contributed by atoms with Crippen LogP contribution in [0.1, 0.15) is 5.56 Å². The first kappa shape index (κ1) is 15.7. The monoisotopic (exact) mass is 350 g/mol. The van der Waals surface area contributed by atoms with Gasteiger partial charge in [0.2, 0.25) is 0 Å². The lowest BCUT2D eigenvalue weighted by Crippen LogP contribution is -2.17. The Hall–Kier alpha value is -3.81. The Morgan fingerprint density at radius 3 is 2.85 bits per heavy atom. The number of H-pyrrole nitrogens is 1. The molecule has 2 heterocycles. The van der Waals surface area contributed by atoms with Crippen LogP contribution in [-0.2, 0) is 0 Å². The van der Waals surface area contributed by atoms with Crippen molar-refractivity contribution in [2.24, 2.45) is 5.10 Å². The third kappa shape index (κ3) is 2.53. The maximum Gasteiger partial charge on any atom is 0.298 e. The van der Waals surface area contributed by atoms with Crippen molar-refractivity contribution in [3.63, 3.8) is 0 Å². The van der Waals surface area contributed by atoms with Gasteiger partial charge in [0.05, 0.1) is 18.8 Å². The van der Waals surface area contributed by atoms with Gasteiger partial charge in [-0.1, -0.05) is 0 Å². The van der Waals surface area contributed by atoms with Crippen LogP contribution in [0.3, 0.4) is 0 Å². The van der Waals surface area contributed by atoms with Crippen LogP contribution in [0.15, 0.2) is 52.6 Å². The van der Waals surface area contributed by atoms with Gasteiger partial charge in [-0.05, 0) is 24.3 Å². The smallest absolute Gasteiger partial charge is 0.298 e. The van der Waals surface area contributed by atoms with Gasteiger partial charge in [0.15, 0.2) is 0 Å². The van der Waals surface area contributed by atoms with E-state index in [-0.39, 0.29) is 17.1 Å². The zero-order valence-electron chi connectivity index (χ0n) is 13.7. The predicted octanol–water partition coefficient (Wildman–Crippen LogP) is 2.18. The number of methoxy groups -OCH3 is 1. The van der Waals surface area contributed by atoms with Gasteiger partial charge >= 0.3 is 0 Å². The van der Waals surface area contributed by atoms with Crippen molar-refractivity contribution in [3.05, 3.63) is 58.6 Å². The van der Waals surface area contributed by atoms with Gasteiger partial charge in [-0.15, -0.1) is 0 Å². The molecule has 26 heavy (non-hydrogen) atoms. The summed E-state index contributed by atoms with van der Waals surface area (Å²) in [7, 11) is 1.57. The van der Waals surface area contributed by atoms with Gasteiger partial charge in [0.25, 0.3) is 5.56 Å². The quantitative estimate of drug-likeness (QED) is 0.490. The fraction of sp³-hybridized carbons (Fsp3) is 0.0556. The van der Waals surface area contributed by atoms with Gasteiger partial charge < -0.3 is 19.9 Å². The van der Waals surface area contributed by atoms with Crippen LogP contribution in [0.25, 0.3) is 21.9 Å². The van der Waals surface area contributed by atoms with Crippen molar-refractivity contribution in [1.82, 2.24) is 14.6 Å². The summed E-state index contributed by atoms with van der Waals surface area (Å²) >= 11 is 0. The average Bonchev–Trinajstić information content (AvgIpc) is 3.01. The number of aromatic hydroxyl groups is 2. The number of ether oxygens (including phenoxy) is 1. The normalized spacial score (nSPS) is 11.6. The van der Waals surface area contributed by atoms with Crippen molar-refractivity contribution in [1.29, 1.82) is 0 Å². The number of fused-ring (bicyclic) bond motifs is 3. The van der Waals surface area contributed by atoms with Crippen molar-refractivity contribution in [3.8, 4) is 17.2 Å². The highest BCUT2D eigenvalue weighted by molar-refractivity contribution is 6.04. The van der Waals surface area contributed by atoms with Crippen molar-refractivity contribution in [2.45, 2.75) is 0 Å². The van der Waals surface area contributed by atoms with Gasteiger partial charge in [-0.25, -0.2) is 4.98 Å². The van der Waals surface area contributed by atoms with E-state index in [1.54, 1.807) is 19.2 Å². The lowest BCUT2D eigenvalue weighted by Gasteiger charge is -2.00. The van der Waals surface area contributed by atoms with E-state index in [2.05, 4.69) is 15.1 Å². The van der Waals surface area contributed by atoms with Gasteiger partial charge in [-0.3, -0.25) is 4.79 Å². The topological polar surface area (TPSA) is 113 Å². The summed E-state index contributed by atoms with van der Waals surface area (Å²) in [6, 6.07) is 9.52. The number of aromatic amines is 1. The average molecular weight is 350 g/mol. The van der Waals surface area contributed by atoms with Gasteiger partial charge in [0, 0.05) is 23.1 Å². The van der Waals surface area contributed by atoms with E-state index in [0.717, 1.165) is 15.6 Å². The van der Waals surface area contributed by atoms with Crippen molar-refractivity contribution < 1.29 is 14.9 Å². The van der Waals surface area contributed by atoms with Crippen LogP contribution < -0.4 is 10.3 Å². The summed E-state index contributed by atoms with van der Waals surface area (Å²) in [4.78, 5) is 20.0. The van der Waals surface area contributed by atoms with Crippen LogP contribution in [0, 0.1) is 0 Å². The van der Waals surface area contributed by atoms with E-state index in [0.29, 0.717) is 22.3 Å². The first-order valence-corrected chi connectivity index (χ1v) is 7.70. The molecule has 0 aliphatic carbocycles. The third-order valence-electron chi connectivity index (χ3n) is 4.03. The Morgan fingerprint density at radius 1 is 1.23 bits per heavy atom. The molecule has 0 fully saturated rings. The molecule has 3 N–H and O–H groups in total. The summed E-state index contributed by atoms with van der Waals surface area (Å²) in [5, 5.41) is 24.0. The van der Waals surface area contributed by atoms with E-state index in [1.807, 2.05) is 6.07 Å². The molecular weight excluding hydrogens is 336 g/mol. The molecule has 2 aromatic heterocycles. The molecule has 0 aliphatic heterocycles. The minimum absolute atomic E-state index is 0.0617. The number of nitrogens with one attached hydrogen (secondary N) is 1. The molecule has 8 heteroatoms. The molecule has 0 amide bonds. The Balaban J connectivity index is 1.81. The molecular formula is C18H14N4O4. The number of phenols is 2. The molecule has 2 aromatic carbocycles. The van der Waals surface area contributed by atoms with Crippen LogP contribution in [0.5, 0.6) is 17.2 Å². The summed E-state index contributed by atoms with van der Waals surface area (Å²) in [6.45, 7) is 0. The number of benzene rings is 2. The summed E-state index contributed by atoms with van der Waals surface area (Å²) in [6.07, 6.45) is 2.63. The highest BCUT2D eigenvalue weighted by atomic mass is 16.5. The van der Waals surface area contributed by atoms with Crippen molar-refractivity contribution >= 4 is 28.2 Å². The second-order valence-electron chi connectivity index (χ2n) is 5.64. The van der Waals surface area contributed by atoms with E-state index in [9.17, 15) is 15.0 Å². The summed E-state index contributed by atoms with van der Waals surface area (Å²) in [5.41, 5.74) is 1.59. The molecule has 0 aliphatic rings. The maximum atomic E-state index is 12.7. The summed E-state index contributed by atoms with van der Waals surface area (Å²) in [5.74, 6) is 0.465. The standard InChI is InChI=1S/C18H14N4O4/c1-26-12-4-5-13-14(7-12)21-17-16(13)19-9-22(18(17)25)20-8-10-2-3-11(23)6-15(10)24/h2-9,21,23-24H,1H3/b20-8+. The van der Waals surface area contributed by atoms with Gasteiger partial charge in [0.1, 0.15) is 34.6 Å². The molecule has 0 saturated carbocycles. The second kappa shape index (κ2) is 5.92. The molecule has 130 valence electrons.